The Morgan fingerprint density at radius 2 is 1.97 bits per heavy atom. The Bertz CT molecular complexity index is 861. The molecule has 0 bridgehead atoms. The van der Waals surface area contributed by atoms with E-state index >= 15 is 0 Å². The van der Waals surface area contributed by atoms with Crippen molar-refractivity contribution in [2.45, 2.75) is 31.8 Å². The summed E-state index contributed by atoms with van der Waals surface area (Å²) < 4.78 is 0. The average molecular weight is 415 g/mol. The third-order valence-electron chi connectivity index (χ3n) is 5.82. The molecule has 154 valence electrons. The fourth-order valence-electron chi connectivity index (χ4n) is 4.40. The summed E-state index contributed by atoms with van der Waals surface area (Å²) in [6.45, 7) is 4.41. The first-order chi connectivity index (χ1) is 13.6. The van der Waals surface area contributed by atoms with Crippen molar-refractivity contribution in [1.82, 2.24) is 20.1 Å². The molecule has 2 atom stereocenters. The number of piperazine rings is 1. The number of nitrogens with one attached hydrogen (secondary N) is 1. The van der Waals surface area contributed by atoms with Crippen molar-refractivity contribution in [3.8, 4) is 0 Å². The van der Waals surface area contributed by atoms with Crippen molar-refractivity contribution in [2.24, 2.45) is 0 Å². The van der Waals surface area contributed by atoms with Gasteiger partial charge in [0.1, 0.15) is 0 Å². The molecule has 1 saturated heterocycles. The van der Waals surface area contributed by atoms with Gasteiger partial charge in [0.2, 0.25) is 11.8 Å². The van der Waals surface area contributed by atoms with Crippen LogP contribution in [-0.4, -0.2) is 52.8 Å². The van der Waals surface area contributed by atoms with E-state index in [1.54, 1.807) is 13.1 Å². The van der Waals surface area contributed by atoms with E-state index in [0.29, 0.717) is 19.5 Å². The zero-order valence-electron chi connectivity index (χ0n) is 16.6. The van der Waals surface area contributed by atoms with E-state index in [9.17, 15) is 9.59 Å². The molecule has 1 N–H and O–H groups in total. The van der Waals surface area contributed by atoms with Crippen molar-refractivity contribution >= 4 is 24.2 Å². The molecule has 3 heterocycles. The lowest BCUT2D eigenvalue weighted by Gasteiger charge is -2.40. The summed E-state index contributed by atoms with van der Waals surface area (Å²) in [4.78, 5) is 33.6. The highest BCUT2D eigenvalue weighted by Crippen LogP contribution is 2.34. The van der Waals surface area contributed by atoms with Crippen LogP contribution < -0.4 is 5.32 Å². The monoisotopic (exact) mass is 414 g/mol. The van der Waals surface area contributed by atoms with Crippen LogP contribution in [0.4, 0.5) is 0 Å². The third kappa shape index (κ3) is 4.43. The second kappa shape index (κ2) is 9.37. The van der Waals surface area contributed by atoms with Crippen LogP contribution in [0.1, 0.15) is 42.1 Å². The number of hydrogen-bond acceptors (Lipinski definition) is 4. The molecule has 0 spiro atoms. The Morgan fingerprint density at radius 1 is 1.14 bits per heavy atom. The molecular weight excluding hydrogens is 388 g/mol. The number of halogens is 1. The van der Waals surface area contributed by atoms with E-state index in [-0.39, 0.29) is 36.3 Å². The predicted molar refractivity (Wildman–Crippen MR) is 114 cm³/mol. The van der Waals surface area contributed by atoms with Gasteiger partial charge in [-0.05, 0) is 29.2 Å². The minimum Gasteiger partial charge on any atom is -0.335 e. The van der Waals surface area contributed by atoms with Crippen molar-refractivity contribution in [2.75, 3.05) is 26.2 Å². The summed E-state index contributed by atoms with van der Waals surface area (Å²) in [7, 11) is 0. The number of nitrogens with zero attached hydrogens (tertiary/aromatic N) is 3. The van der Waals surface area contributed by atoms with Gasteiger partial charge in [0.05, 0.1) is 18.5 Å². The molecule has 1 aromatic carbocycles. The van der Waals surface area contributed by atoms with Crippen LogP contribution in [-0.2, 0) is 16.0 Å². The number of carbonyl (C=O) groups is 2. The molecule has 2 amide bonds. The molecule has 6 nitrogen and oxygen atoms in total. The van der Waals surface area contributed by atoms with Crippen LogP contribution >= 0.6 is 12.4 Å². The second-order valence-corrected chi connectivity index (χ2v) is 7.47. The molecule has 1 fully saturated rings. The number of rotatable bonds is 3. The molecule has 4 rings (SSSR count). The molecule has 29 heavy (non-hydrogen) atoms. The standard InChI is InChI=1S/C22H26N4O2.ClH/c1-16(27)25-11-8-17-5-2-3-7-19(17)20(25)13-22(28)26-12-10-24-15-21(26)18-6-4-9-23-14-18;/h2-7,9,14,20-21,24H,8,10-13,15H2,1H3;1H. The van der Waals surface area contributed by atoms with Gasteiger partial charge in [-0.3, -0.25) is 14.6 Å². The van der Waals surface area contributed by atoms with Gasteiger partial charge in [0.15, 0.2) is 0 Å². The Kier molecular flexibility index (Phi) is 6.87. The van der Waals surface area contributed by atoms with Crippen LogP contribution in [0.2, 0.25) is 0 Å². The number of pyridine rings is 1. The molecule has 2 aromatic rings. The van der Waals surface area contributed by atoms with Crippen LogP contribution in [0, 0.1) is 0 Å². The zero-order valence-corrected chi connectivity index (χ0v) is 17.4. The number of fused-ring (bicyclic) bond motifs is 1. The largest absolute Gasteiger partial charge is 0.335 e. The maximum Gasteiger partial charge on any atom is 0.225 e. The summed E-state index contributed by atoms with van der Waals surface area (Å²) in [5.74, 6) is 0.111. The van der Waals surface area contributed by atoms with Crippen LogP contribution in [0.3, 0.4) is 0 Å². The molecule has 0 saturated carbocycles. The summed E-state index contributed by atoms with van der Waals surface area (Å²) in [6, 6.07) is 11.9. The van der Waals surface area contributed by atoms with Crippen molar-refractivity contribution in [1.29, 1.82) is 0 Å². The summed E-state index contributed by atoms with van der Waals surface area (Å²) in [6.07, 6.45) is 4.73. The van der Waals surface area contributed by atoms with Crippen LogP contribution in [0.25, 0.3) is 0 Å². The summed E-state index contributed by atoms with van der Waals surface area (Å²) >= 11 is 0. The van der Waals surface area contributed by atoms with Gasteiger partial charge in [-0.1, -0.05) is 30.3 Å². The first-order valence-electron chi connectivity index (χ1n) is 9.90. The van der Waals surface area contributed by atoms with Gasteiger partial charge in [0, 0.05) is 45.5 Å². The zero-order chi connectivity index (χ0) is 19.5. The van der Waals surface area contributed by atoms with E-state index in [1.807, 2.05) is 40.3 Å². The lowest BCUT2D eigenvalue weighted by molar-refractivity contribution is -0.138. The first kappa shape index (κ1) is 21.3. The predicted octanol–water partition coefficient (Wildman–Crippen LogP) is 2.51. The molecule has 2 aliphatic rings. The van der Waals surface area contributed by atoms with E-state index in [2.05, 4.69) is 22.4 Å². The highest BCUT2D eigenvalue weighted by atomic mass is 35.5. The third-order valence-corrected chi connectivity index (χ3v) is 5.82. The number of hydrogen-bond donors (Lipinski definition) is 1. The molecule has 0 aliphatic carbocycles. The topological polar surface area (TPSA) is 65.5 Å². The van der Waals surface area contributed by atoms with E-state index in [4.69, 9.17) is 0 Å². The van der Waals surface area contributed by atoms with Crippen LogP contribution in [0.15, 0.2) is 48.8 Å². The number of benzene rings is 1. The highest BCUT2D eigenvalue weighted by Gasteiger charge is 2.34. The number of carbonyl (C=O) groups excluding carboxylic acids is 2. The van der Waals surface area contributed by atoms with Gasteiger partial charge in [-0.2, -0.15) is 0 Å². The lowest BCUT2D eigenvalue weighted by atomic mass is 9.90. The van der Waals surface area contributed by atoms with Gasteiger partial charge in [-0.15, -0.1) is 12.4 Å². The molecular formula is C22H27ClN4O2. The first-order valence-corrected chi connectivity index (χ1v) is 9.90. The fraction of sp³-hybridized carbons (Fsp3) is 0.409. The lowest BCUT2D eigenvalue weighted by Crippen LogP contribution is -2.50. The van der Waals surface area contributed by atoms with Crippen LogP contribution in [0.5, 0.6) is 0 Å². The molecule has 2 unspecified atom stereocenters. The fourth-order valence-corrected chi connectivity index (χ4v) is 4.40. The maximum atomic E-state index is 13.4. The smallest absolute Gasteiger partial charge is 0.225 e. The van der Waals surface area contributed by atoms with Crippen molar-refractivity contribution in [3.05, 3.63) is 65.5 Å². The van der Waals surface area contributed by atoms with E-state index < -0.39 is 0 Å². The van der Waals surface area contributed by atoms with Crippen molar-refractivity contribution < 1.29 is 9.59 Å². The Balaban J connectivity index is 0.00000240. The van der Waals surface area contributed by atoms with E-state index in [1.165, 1.54) is 5.56 Å². The van der Waals surface area contributed by atoms with E-state index in [0.717, 1.165) is 30.6 Å². The normalized spacial score (nSPS) is 21.1. The summed E-state index contributed by atoms with van der Waals surface area (Å²) in [5.41, 5.74) is 3.38. The minimum atomic E-state index is -0.195. The molecule has 2 aliphatic heterocycles. The van der Waals surface area contributed by atoms with Crippen molar-refractivity contribution in [3.63, 3.8) is 0 Å². The number of amides is 2. The SMILES string of the molecule is CC(=O)N1CCc2ccccc2C1CC(=O)N1CCNCC1c1cccnc1.Cl. The quantitative estimate of drug-likeness (QED) is 0.838. The van der Waals surface area contributed by atoms with Gasteiger partial charge < -0.3 is 15.1 Å². The molecule has 7 heteroatoms. The average Bonchev–Trinajstić information content (AvgIpc) is 2.74. The summed E-state index contributed by atoms with van der Waals surface area (Å²) in [5, 5.41) is 3.38. The second-order valence-electron chi connectivity index (χ2n) is 7.47. The highest BCUT2D eigenvalue weighted by molar-refractivity contribution is 5.85. The van der Waals surface area contributed by atoms with Gasteiger partial charge in [-0.25, -0.2) is 0 Å². The molecule has 1 aromatic heterocycles. The Hall–Kier alpha value is -2.44. The Labute approximate surface area is 177 Å². The number of aromatic nitrogens is 1. The minimum absolute atomic E-state index is 0. The maximum absolute atomic E-state index is 13.4. The Morgan fingerprint density at radius 3 is 2.72 bits per heavy atom. The molecule has 0 radical (unpaired) electrons. The van der Waals surface area contributed by atoms with Gasteiger partial charge >= 0.3 is 0 Å². The van der Waals surface area contributed by atoms with Gasteiger partial charge in [0.25, 0.3) is 0 Å².